The Morgan fingerprint density at radius 2 is 1.74 bits per heavy atom. The number of amides is 1. The minimum atomic E-state index is -0.0508. The average molecular weight is 412 g/mol. The van der Waals surface area contributed by atoms with Crippen LogP contribution < -0.4 is 5.32 Å². The Balaban J connectivity index is 1.31. The van der Waals surface area contributed by atoms with Crippen molar-refractivity contribution in [3.63, 3.8) is 0 Å². The number of aromatic nitrogens is 1. The molecule has 0 saturated carbocycles. The topological polar surface area (TPSA) is 45.2 Å². The predicted molar refractivity (Wildman–Crippen MR) is 125 cm³/mol. The van der Waals surface area contributed by atoms with E-state index in [1.165, 1.54) is 11.1 Å². The summed E-state index contributed by atoms with van der Waals surface area (Å²) in [5, 5.41) is 3.02. The van der Waals surface area contributed by atoms with Gasteiger partial charge in [0.1, 0.15) is 0 Å². The number of nitrogens with one attached hydrogen (secondary N) is 1. The molecule has 2 heterocycles. The van der Waals surface area contributed by atoms with Gasteiger partial charge in [-0.25, -0.2) is 0 Å². The Morgan fingerprint density at radius 1 is 1.03 bits per heavy atom. The summed E-state index contributed by atoms with van der Waals surface area (Å²) in [5.41, 5.74) is 3.60. The number of hydrogen-bond acceptors (Lipinski definition) is 3. The second-order valence-electron chi connectivity index (χ2n) is 8.07. The van der Waals surface area contributed by atoms with Crippen LogP contribution in [0.15, 0.2) is 91.3 Å². The van der Waals surface area contributed by atoms with E-state index in [-0.39, 0.29) is 11.9 Å². The summed E-state index contributed by atoms with van der Waals surface area (Å²) in [6.45, 7) is 2.83. The molecular weight excluding hydrogens is 382 g/mol. The maximum atomic E-state index is 12.1. The molecule has 1 aliphatic heterocycles. The number of carbonyl (C=O) groups excluding carboxylic acids is 1. The second kappa shape index (κ2) is 10.7. The van der Waals surface area contributed by atoms with Crippen molar-refractivity contribution in [1.82, 2.24) is 15.2 Å². The van der Waals surface area contributed by atoms with E-state index in [1.54, 1.807) is 24.5 Å². The molecule has 1 atom stereocenters. The molecule has 0 bridgehead atoms. The van der Waals surface area contributed by atoms with E-state index in [4.69, 9.17) is 0 Å². The summed E-state index contributed by atoms with van der Waals surface area (Å²) < 4.78 is 0. The van der Waals surface area contributed by atoms with Crippen LogP contribution in [0, 0.1) is 5.92 Å². The molecule has 4 heteroatoms. The van der Waals surface area contributed by atoms with Gasteiger partial charge >= 0.3 is 0 Å². The number of nitrogens with zero attached hydrogens (tertiary/aromatic N) is 2. The third-order valence-corrected chi connectivity index (χ3v) is 5.88. The molecular formula is C27H29N3O. The van der Waals surface area contributed by atoms with Crippen LogP contribution in [0.2, 0.25) is 0 Å². The fraction of sp³-hybridized carbons (Fsp3) is 0.259. The van der Waals surface area contributed by atoms with Crippen LogP contribution in [0.25, 0.3) is 6.08 Å². The van der Waals surface area contributed by atoms with Crippen LogP contribution in [-0.2, 0) is 4.79 Å². The molecule has 1 aliphatic rings. The summed E-state index contributed by atoms with van der Waals surface area (Å²) in [6, 6.07) is 25.6. The van der Waals surface area contributed by atoms with Gasteiger partial charge in [0.05, 0.1) is 6.04 Å². The van der Waals surface area contributed by atoms with Crippen LogP contribution in [0.5, 0.6) is 0 Å². The molecule has 1 unspecified atom stereocenters. The number of likely N-dealkylation sites (tertiary alicyclic amines) is 1. The zero-order valence-corrected chi connectivity index (χ0v) is 17.7. The quantitative estimate of drug-likeness (QED) is 0.546. The lowest BCUT2D eigenvalue weighted by Crippen LogP contribution is -2.28. The Labute approximate surface area is 184 Å². The number of benzene rings is 2. The highest BCUT2D eigenvalue weighted by Crippen LogP contribution is 2.33. The molecule has 4 rings (SSSR count). The molecule has 31 heavy (non-hydrogen) atoms. The normalized spacial score (nSPS) is 16.7. The molecule has 1 fully saturated rings. The number of carbonyl (C=O) groups is 1. The van der Waals surface area contributed by atoms with Crippen LogP contribution in [-0.4, -0.2) is 35.4 Å². The zero-order valence-electron chi connectivity index (χ0n) is 17.7. The maximum Gasteiger partial charge on any atom is 0.244 e. The van der Waals surface area contributed by atoms with E-state index >= 15 is 0 Å². The van der Waals surface area contributed by atoms with Gasteiger partial charge in [0.15, 0.2) is 0 Å². The molecule has 2 aromatic carbocycles. The van der Waals surface area contributed by atoms with Gasteiger partial charge in [-0.1, -0.05) is 66.7 Å². The molecule has 1 aromatic heterocycles. The first-order valence-electron chi connectivity index (χ1n) is 11.0. The monoisotopic (exact) mass is 411 g/mol. The highest BCUT2D eigenvalue weighted by Gasteiger charge is 2.29. The Kier molecular flexibility index (Phi) is 7.24. The number of hydrogen-bond donors (Lipinski definition) is 1. The summed E-state index contributed by atoms with van der Waals surface area (Å²) in [6.07, 6.45) is 9.01. The van der Waals surface area contributed by atoms with Crippen LogP contribution in [0.3, 0.4) is 0 Å². The first-order chi connectivity index (χ1) is 15.3. The van der Waals surface area contributed by atoms with Crippen molar-refractivity contribution in [3.8, 4) is 0 Å². The average Bonchev–Trinajstić information content (AvgIpc) is 3.28. The Morgan fingerprint density at radius 3 is 2.39 bits per heavy atom. The summed E-state index contributed by atoms with van der Waals surface area (Å²) >= 11 is 0. The molecule has 0 aliphatic carbocycles. The lowest BCUT2D eigenvalue weighted by Gasteiger charge is -2.29. The summed E-state index contributed by atoms with van der Waals surface area (Å²) in [4.78, 5) is 18.7. The number of rotatable bonds is 8. The van der Waals surface area contributed by atoms with Crippen LogP contribution in [0.1, 0.15) is 35.6 Å². The van der Waals surface area contributed by atoms with Gasteiger partial charge in [0, 0.05) is 31.6 Å². The van der Waals surface area contributed by atoms with E-state index in [2.05, 4.69) is 75.9 Å². The van der Waals surface area contributed by atoms with Crippen molar-refractivity contribution in [2.75, 3.05) is 19.6 Å². The van der Waals surface area contributed by atoms with E-state index in [0.29, 0.717) is 12.5 Å². The van der Waals surface area contributed by atoms with E-state index < -0.39 is 0 Å². The minimum Gasteiger partial charge on any atom is -0.353 e. The lowest BCUT2D eigenvalue weighted by molar-refractivity contribution is -0.116. The second-order valence-corrected chi connectivity index (χ2v) is 8.07. The van der Waals surface area contributed by atoms with Gasteiger partial charge in [0.25, 0.3) is 0 Å². The molecule has 1 N–H and O–H groups in total. The van der Waals surface area contributed by atoms with Crippen molar-refractivity contribution >= 4 is 12.0 Å². The van der Waals surface area contributed by atoms with E-state index in [9.17, 15) is 4.79 Å². The summed E-state index contributed by atoms with van der Waals surface area (Å²) in [7, 11) is 0. The van der Waals surface area contributed by atoms with Crippen molar-refractivity contribution in [2.45, 2.75) is 18.9 Å². The van der Waals surface area contributed by atoms with Gasteiger partial charge in [-0.15, -0.1) is 0 Å². The minimum absolute atomic E-state index is 0.0508. The molecule has 1 saturated heterocycles. The molecule has 3 aromatic rings. The standard InChI is InChI=1S/C27H29N3O/c31-26(14-13-22-8-7-17-28-20-22)29-18-15-23-16-19-30(21-23)27(24-9-3-1-4-10-24)25-11-5-2-6-12-25/h1-14,17,20,23,27H,15-16,18-19,21H2,(H,29,31)/b14-13+. The largest absolute Gasteiger partial charge is 0.353 e. The molecule has 4 nitrogen and oxygen atoms in total. The van der Waals surface area contributed by atoms with Gasteiger partial charge in [0.2, 0.25) is 5.91 Å². The van der Waals surface area contributed by atoms with Crippen molar-refractivity contribution in [1.29, 1.82) is 0 Å². The van der Waals surface area contributed by atoms with Crippen LogP contribution in [0.4, 0.5) is 0 Å². The Bertz CT molecular complexity index is 934. The van der Waals surface area contributed by atoms with Crippen molar-refractivity contribution in [2.24, 2.45) is 5.92 Å². The summed E-state index contributed by atoms with van der Waals surface area (Å²) in [5.74, 6) is 0.544. The zero-order chi connectivity index (χ0) is 21.3. The SMILES string of the molecule is O=C(/C=C/c1cccnc1)NCCC1CCN(C(c2ccccc2)c2ccccc2)C1. The van der Waals surface area contributed by atoms with Crippen LogP contribution >= 0.6 is 0 Å². The molecule has 0 spiro atoms. The third-order valence-electron chi connectivity index (χ3n) is 5.88. The third kappa shape index (κ3) is 5.89. The van der Waals surface area contributed by atoms with E-state index in [0.717, 1.165) is 31.5 Å². The van der Waals surface area contributed by atoms with Gasteiger partial charge in [-0.05, 0) is 54.1 Å². The lowest BCUT2D eigenvalue weighted by atomic mass is 9.97. The Hall–Kier alpha value is -3.24. The smallest absolute Gasteiger partial charge is 0.244 e. The fourth-order valence-electron chi connectivity index (χ4n) is 4.32. The van der Waals surface area contributed by atoms with Crippen molar-refractivity contribution < 1.29 is 4.79 Å². The maximum absolute atomic E-state index is 12.1. The van der Waals surface area contributed by atoms with Gasteiger partial charge in [-0.2, -0.15) is 0 Å². The fourth-order valence-corrected chi connectivity index (χ4v) is 4.32. The first kappa shape index (κ1) is 21.0. The highest BCUT2D eigenvalue weighted by atomic mass is 16.1. The predicted octanol–water partition coefficient (Wildman–Crippen LogP) is 4.71. The highest BCUT2D eigenvalue weighted by molar-refractivity contribution is 5.91. The molecule has 158 valence electrons. The molecule has 0 radical (unpaired) electrons. The van der Waals surface area contributed by atoms with E-state index in [1.807, 2.05) is 12.1 Å². The number of pyridine rings is 1. The van der Waals surface area contributed by atoms with Gasteiger partial charge in [-0.3, -0.25) is 14.7 Å². The van der Waals surface area contributed by atoms with Crippen molar-refractivity contribution in [3.05, 3.63) is 108 Å². The first-order valence-corrected chi connectivity index (χ1v) is 11.0. The van der Waals surface area contributed by atoms with Gasteiger partial charge < -0.3 is 5.32 Å². The molecule has 1 amide bonds.